The molecule has 0 spiro atoms. The first-order valence-electron chi connectivity index (χ1n) is 3.64. The molecule has 0 aromatic rings. The summed E-state index contributed by atoms with van der Waals surface area (Å²) in [5.74, 6) is 0. The first-order chi connectivity index (χ1) is 5.18. The van der Waals surface area contributed by atoms with Crippen LogP contribution >= 0.6 is 0 Å². The highest BCUT2D eigenvalue weighted by atomic mass is 16.5. The second kappa shape index (κ2) is 5.49. The summed E-state index contributed by atoms with van der Waals surface area (Å²) in [5.41, 5.74) is -0.585. The molecule has 0 aromatic heterocycles. The van der Waals surface area contributed by atoms with Crippen LogP contribution in [0.25, 0.3) is 0 Å². The molecule has 0 aliphatic carbocycles. The van der Waals surface area contributed by atoms with Crippen molar-refractivity contribution < 1.29 is 14.9 Å². The van der Waals surface area contributed by atoms with Gasteiger partial charge in [0.15, 0.2) is 0 Å². The van der Waals surface area contributed by atoms with Crippen molar-refractivity contribution in [3.63, 3.8) is 0 Å². The molecule has 0 fully saturated rings. The van der Waals surface area contributed by atoms with Crippen molar-refractivity contribution in [3.8, 4) is 0 Å². The third kappa shape index (κ3) is 4.31. The summed E-state index contributed by atoms with van der Waals surface area (Å²) < 4.78 is 4.80. The maximum Gasteiger partial charge on any atom is 0.0633 e. The highest BCUT2D eigenvalue weighted by molar-refractivity contribution is 4.80. The first-order valence-corrected chi connectivity index (χ1v) is 3.64. The lowest BCUT2D eigenvalue weighted by atomic mass is 10.1. The summed E-state index contributed by atoms with van der Waals surface area (Å²) in [6.45, 7) is 2.81. The van der Waals surface area contributed by atoms with E-state index in [1.165, 1.54) is 0 Å². The average molecular weight is 163 g/mol. The maximum atomic E-state index is 8.82. The van der Waals surface area contributed by atoms with E-state index < -0.39 is 5.54 Å². The van der Waals surface area contributed by atoms with E-state index in [0.717, 1.165) is 0 Å². The van der Waals surface area contributed by atoms with Crippen LogP contribution in [0.15, 0.2) is 0 Å². The van der Waals surface area contributed by atoms with E-state index in [1.54, 1.807) is 14.0 Å². The molecule has 3 N–H and O–H groups in total. The summed E-state index contributed by atoms with van der Waals surface area (Å²) in [5, 5.41) is 20.6. The molecule has 0 rings (SSSR count). The number of hydrogen-bond donors (Lipinski definition) is 3. The highest BCUT2D eigenvalue weighted by Crippen LogP contribution is 1.98. The lowest BCUT2D eigenvalue weighted by Gasteiger charge is -2.25. The van der Waals surface area contributed by atoms with Gasteiger partial charge in [-0.05, 0) is 6.92 Å². The van der Waals surface area contributed by atoms with E-state index in [9.17, 15) is 0 Å². The molecule has 0 unspecified atom stereocenters. The summed E-state index contributed by atoms with van der Waals surface area (Å²) in [6, 6.07) is 0. The minimum Gasteiger partial charge on any atom is -0.394 e. The first kappa shape index (κ1) is 10.8. The lowest BCUT2D eigenvalue weighted by Crippen LogP contribution is -2.50. The van der Waals surface area contributed by atoms with Gasteiger partial charge in [-0.25, -0.2) is 0 Å². The standard InChI is InChI=1S/C7H17NO3/c1-7(5-9,6-10)8-3-4-11-2/h8-10H,3-6H2,1-2H3. The normalized spacial score (nSPS) is 12.0. The van der Waals surface area contributed by atoms with Crippen molar-refractivity contribution in [2.45, 2.75) is 12.5 Å². The zero-order chi connectivity index (χ0) is 8.74. The van der Waals surface area contributed by atoms with Crippen LogP contribution in [0.4, 0.5) is 0 Å². The molecule has 0 radical (unpaired) electrons. The summed E-state index contributed by atoms with van der Waals surface area (Å²) in [6.07, 6.45) is 0. The Balaban J connectivity index is 3.51. The summed E-state index contributed by atoms with van der Waals surface area (Å²) >= 11 is 0. The third-order valence-corrected chi connectivity index (χ3v) is 1.56. The Morgan fingerprint density at radius 1 is 1.36 bits per heavy atom. The molecule has 0 heterocycles. The minimum atomic E-state index is -0.585. The monoisotopic (exact) mass is 163 g/mol. The van der Waals surface area contributed by atoms with Gasteiger partial charge in [0, 0.05) is 13.7 Å². The van der Waals surface area contributed by atoms with Crippen LogP contribution in [-0.4, -0.2) is 49.2 Å². The number of methoxy groups -OCH3 is 1. The van der Waals surface area contributed by atoms with Gasteiger partial charge in [0.1, 0.15) is 0 Å². The molecule has 0 aromatic carbocycles. The molecular weight excluding hydrogens is 146 g/mol. The number of nitrogens with one attached hydrogen (secondary N) is 1. The van der Waals surface area contributed by atoms with Crippen molar-refractivity contribution in [2.24, 2.45) is 0 Å². The molecule has 0 aliphatic heterocycles. The molecule has 0 atom stereocenters. The Kier molecular flexibility index (Phi) is 5.41. The van der Waals surface area contributed by atoms with Crippen LogP contribution in [0.1, 0.15) is 6.92 Å². The fraction of sp³-hybridized carbons (Fsp3) is 1.00. The van der Waals surface area contributed by atoms with Gasteiger partial charge in [0.05, 0.1) is 25.4 Å². The van der Waals surface area contributed by atoms with Crippen molar-refractivity contribution in [1.29, 1.82) is 0 Å². The Hall–Kier alpha value is -0.160. The molecule has 0 saturated heterocycles. The second-order valence-electron chi connectivity index (χ2n) is 2.80. The van der Waals surface area contributed by atoms with Gasteiger partial charge in [-0.3, -0.25) is 0 Å². The van der Waals surface area contributed by atoms with E-state index in [1.807, 2.05) is 0 Å². The predicted molar refractivity (Wildman–Crippen MR) is 42.5 cm³/mol. The Morgan fingerprint density at radius 2 is 1.91 bits per heavy atom. The van der Waals surface area contributed by atoms with Crippen molar-refractivity contribution in [2.75, 3.05) is 33.5 Å². The number of hydrogen-bond acceptors (Lipinski definition) is 4. The topological polar surface area (TPSA) is 61.7 Å². The number of aliphatic hydroxyl groups is 2. The van der Waals surface area contributed by atoms with E-state index in [4.69, 9.17) is 14.9 Å². The van der Waals surface area contributed by atoms with Gasteiger partial charge in [0.2, 0.25) is 0 Å². The Morgan fingerprint density at radius 3 is 2.27 bits per heavy atom. The van der Waals surface area contributed by atoms with Gasteiger partial charge in [0.25, 0.3) is 0 Å². The molecule has 68 valence electrons. The number of rotatable bonds is 6. The Labute approximate surface area is 67.2 Å². The molecular formula is C7H17NO3. The minimum absolute atomic E-state index is 0.0762. The SMILES string of the molecule is COCCNC(C)(CO)CO. The van der Waals surface area contributed by atoms with Gasteiger partial charge >= 0.3 is 0 Å². The van der Waals surface area contributed by atoms with Gasteiger partial charge in [-0.15, -0.1) is 0 Å². The zero-order valence-corrected chi connectivity index (χ0v) is 7.13. The molecule has 4 nitrogen and oxygen atoms in total. The van der Waals surface area contributed by atoms with Crippen LogP contribution in [-0.2, 0) is 4.74 Å². The van der Waals surface area contributed by atoms with Crippen molar-refractivity contribution >= 4 is 0 Å². The van der Waals surface area contributed by atoms with E-state index >= 15 is 0 Å². The maximum absolute atomic E-state index is 8.82. The third-order valence-electron chi connectivity index (χ3n) is 1.56. The molecule has 0 bridgehead atoms. The zero-order valence-electron chi connectivity index (χ0n) is 7.13. The predicted octanol–water partition coefficient (Wildman–Crippen LogP) is -1.03. The molecule has 0 amide bonds. The second-order valence-corrected chi connectivity index (χ2v) is 2.80. The van der Waals surface area contributed by atoms with Crippen LogP contribution in [0.5, 0.6) is 0 Å². The quantitative estimate of drug-likeness (QED) is 0.438. The van der Waals surface area contributed by atoms with Crippen LogP contribution < -0.4 is 5.32 Å². The van der Waals surface area contributed by atoms with Crippen LogP contribution in [0.3, 0.4) is 0 Å². The van der Waals surface area contributed by atoms with Crippen LogP contribution in [0, 0.1) is 0 Å². The molecule has 11 heavy (non-hydrogen) atoms. The van der Waals surface area contributed by atoms with E-state index in [2.05, 4.69) is 5.32 Å². The van der Waals surface area contributed by atoms with Crippen LogP contribution in [0.2, 0.25) is 0 Å². The number of ether oxygens (including phenoxy) is 1. The van der Waals surface area contributed by atoms with Crippen molar-refractivity contribution in [1.82, 2.24) is 5.32 Å². The highest BCUT2D eigenvalue weighted by Gasteiger charge is 2.20. The molecule has 0 saturated carbocycles. The summed E-state index contributed by atoms with van der Waals surface area (Å²) in [7, 11) is 1.61. The molecule has 4 heteroatoms. The molecule has 0 aliphatic rings. The van der Waals surface area contributed by atoms with Gasteiger partial charge in [-0.2, -0.15) is 0 Å². The smallest absolute Gasteiger partial charge is 0.0633 e. The fourth-order valence-electron chi connectivity index (χ4n) is 0.617. The largest absolute Gasteiger partial charge is 0.394 e. The average Bonchev–Trinajstić information content (AvgIpc) is 2.05. The number of aliphatic hydroxyl groups excluding tert-OH is 2. The van der Waals surface area contributed by atoms with Crippen molar-refractivity contribution in [3.05, 3.63) is 0 Å². The van der Waals surface area contributed by atoms with E-state index in [0.29, 0.717) is 13.2 Å². The summed E-state index contributed by atoms with van der Waals surface area (Å²) in [4.78, 5) is 0. The Bertz CT molecular complexity index is 93.7. The van der Waals surface area contributed by atoms with Gasteiger partial charge < -0.3 is 20.3 Å². The van der Waals surface area contributed by atoms with Gasteiger partial charge in [-0.1, -0.05) is 0 Å². The fourth-order valence-corrected chi connectivity index (χ4v) is 0.617. The van der Waals surface area contributed by atoms with E-state index in [-0.39, 0.29) is 13.2 Å². The lowest BCUT2D eigenvalue weighted by molar-refractivity contribution is 0.0945.